The number of halogens is 3. The van der Waals surface area contributed by atoms with E-state index in [1.54, 1.807) is 21.0 Å². The minimum atomic E-state index is -4.29. The van der Waals surface area contributed by atoms with Gasteiger partial charge in [-0.25, -0.2) is 0 Å². The second-order valence-corrected chi connectivity index (χ2v) is 5.18. The first-order valence-electron chi connectivity index (χ1n) is 6.46. The Hall–Kier alpha value is -0.820. The van der Waals surface area contributed by atoms with Crippen molar-refractivity contribution in [3.63, 3.8) is 0 Å². The summed E-state index contributed by atoms with van der Waals surface area (Å²) in [5, 5.41) is 3.12. The van der Waals surface area contributed by atoms with Gasteiger partial charge >= 0.3 is 6.18 Å². The fourth-order valence-electron chi connectivity index (χ4n) is 2.44. The van der Waals surface area contributed by atoms with Gasteiger partial charge in [-0.15, -0.1) is 0 Å². The van der Waals surface area contributed by atoms with Gasteiger partial charge in [-0.1, -0.05) is 0 Å². The topological polar surface area (TPSA) is 35.6 Å². The van der Waals surface area contributed by atoms with Crippen LogP contribution in [0.15, 0.2) is 0 Å². The lowest BCUT2D eigenvalue weighted by atomic mass is 10.0. The average Bonchev–Trinajstić information content (AvgIpc) is 2.34. The second kappa shape index (κ2) is 6.56. The molecule has 0 aromatic heterocycles. The molecule has 0 aromatic carbocycles. The lowest BCUT2D eigenvalue weighted by molar-refractivity contribution is -0.163. The number of likely N-dealkylation sites (N-methyl/N-ethyl adjacent to an activating group) is 1. The highest BCUT2D eigenvalue weighted by Gasteiger charge is 2.38. The molecule has 112 valence electrons. The number of hydrogen-bond acceptors (Lipinski definition) is 3. The Kier molecular flexibility index (Phi) is 5.61. The summed E-state index contributed by atoms with van der Waals surface area (Å²) in [6.07, 6.45) is -3.01. The van der Waals surface area contributed by atoms with Crippen LogP contribution in [0.4, 0.5) is 13.2 Å². The average molecular weight is 281 g/mol. The van der Waals surface area contributed by atoms with Crippen LogP contribution in [0.2, 0.25) is 0 Å². The molecule has 1 saturated heterocycles. The third kappa shape index (κ3) is 4.99. The molecule has 1 aliphatic heterocycles. The molecule has 1 amide bonds. The van der Waals surface area contributed by atoms with E-state index in [0.717, 1.165) is 0 Å². The SMILES string of the molecule is CC(C(=O)N(C)C)N(CC(F)(F)F)C1CCNCC1. The van der Waals surface area contributed by atoms with Crippen LogP contribution < -0.4 is 5.32 Å². The molecule has 0 bridgehead atoms. The van der Waals surface area contributed by atoms with E-state index in [2.05, 4.69) is 5.32 Å². The molecule has 1 fully saturated rings. The van der Waals surface area contributed by atoms with Crippen molar-refractivity contribution in [3.05, 3.63) is 0 Å². The summed E-state index contributed by atoms with van der Waals surface area (Å²) < 4.78 is 38.1. The van der Waals surface area contributed by atoms with E-state index in [-0.39, 0.29) is 11.9 Å². The van der Waals surface area contributed by atoms with E-state index in [1.807, 2.05) is 0 Å². The van der Waals surface area contributed by atoms with Crippen LogP contribution in [0, 0.1) is 0 Å². The molecule has 0 aromatic rings. The molecule has 0 spiro atoms. The lowest BCUT2D eigenvalue weighted by Crippen LogP contribution is -2.54. The Morgan fingerprint density at radius 3 is 2.26 bits per heavy atom. The van der Waals surface area contributed by atoms with Crippen molar-refractivity contribution in [2.24, 2.45) is 0 Å². The fourth-order valence-corrected chi connectivity index (χ4v) is 2.44. The Morgan fingerprint density at radius 1 is 1.32 bits per heavy atom. The van der Waals surface area contributed by atoms with Gasteiger partial charge in [0, 0.05) is 20.1 Å². The van der Waals surface area contributed by atoms with Gasteiger partial charge in [0.05, 0.1) is 12.6 Å². The maximum atomic E-state index is 12.7. The summed E-state index contributed by atoms with van der Waals surface area (Å²) in [7, 11) is 3.13. The standard InChI is InChI=1S/C12H22F3N3O/c1-9(11(19)17(2)3)18(8-12(13,14)15)10-4-6-16-7-5-10/h9-10,16H,4-8H2,1-3H3. The summed E-state index contributed by atoms with van der Waals surface area (Å²) in [5.74, 6) is -0.289. The van der Waals surface area contributed by atoms with Crippen LogP contribution in [-0.2, 0) is 4.79 Å². The van der Waals surface area contributed by atoms with Crippen LogP contribution in [0.5, 0.6) is 0 Å². The van der Waals surface area contributed by atoms with E-state index in [1.165, 1.54) is 9.80 Å². The first kappa shape index (κ1) is 16.2. The molecular formula is C12H22F3N3O. The molecule has 1 rings (SSSR count). The molecule has 0 aliphatic carbocycles. The van der Waals surface area contributed by atoms with Crippen molar-refractivity contribution in [3.8, 4) is 0 Å². The predicted octanol–water partition coefficient (Wildman–Crippen LogP) is 1.08. The Balaban J connectivity index is 2.81. The monoisotopic (exact) mass is 281 g/mol. The molecule has 1 N–H and O–H groups in total. The molecule has 1 heterocycles. The van der Waals surface area contributed by atoms with E-state index in [9.17, 15) is 18.0 Å². The van der Waals surface area contributed by atoms with Crippen molar-refractivity contribution >= 4 is 5.91 Å². The van der Waals surface area contributed by atoms with Gasteiger partial charge in [-0.3, -0.25) is 9.69 Å². The highest BCUT2D eigenvalue weighted by atomic mass is 19.4. The van der Waals surface area contributed by atoms with Crippen LogP contribution >= 0.6 is 0 Å². The highest BCUT2D eigenvalue weighted by molar-refractivity contribution is 5.81. The number of nitrogens with one attached hydrogen (secondary N) is 1. The van der Waals surface area contributed by atoms with Crippen LogP contribution in [0.25, 0.3) is 0 Å². The summed E-state index contributed by atoms with van der Waals surface area (Å²) in [4.78, 5) is 14.6. The number of amides is 1. The van der Waals surface area contributed by atoms with Crippen molar-refractivity contribution in [1.82, 2.24) is 15.1 Å². The van der Waals surface area contributed by atoms with Gasteiger partial charge in [0.2, 0.25) is 5.91 Å². The van der Waals surface area contributed by atoms with Gasteiger partial charge in [-0.05, 0) is 32.9 Å². The normalized spacial score (nSPS) is 19.5. The summed E-state index contributed by atoms with van der Waals surface area (Å²) >= 11 is 0. The Morgan fingerprint density at radius 2 is 1.84 bits per heavy atom. The summed E-state index contributed by atoms with van der Waals surface area (Å²) in [6.45, 7) is 1.91. The zero-order chi connectivity index (χ0) is 14.6. The number of alkyl halides is 3. The van der Waals surface area contributed by atoms with E-state index in [4.69, 9.17) is 0 Å². The predicted molar refractivity (Wildman–Crippen MR) is 66.8 cm³/mol. The zero-order valence-electron chi connectivity index (χ0n) is 11.6. The Labute approximate surface area is 111 Å². The number of hydrogen-bond donors (Lipinski definition) is 1. The molecular weight excluding hydrogens is 259 g/mol. The molecule has 1 atom stereocenters. The molecule has 4 nitrogen and oxygen atoms in total. The largest absolute Gasteiger partial charge is 0.401 e. The number of carbonyl (C=O) groups excluding carboxylic acids is 1. The Bertz CT molecular complexity index is 301. The molecule has 1 aliphatic rings. The van der Waals surface area contributed by atoms with E-state index >= 15 is 0 Å². The van der Waals surface area contributed by atoms with Gasteiger partial charge in [0.1, 0.15) is 0 Å². The maximum absolute atomic E-state index is 12.7. The third-order valence-corrected chi connectivity index (χ3v) is 3.44. The molecule has 0 radical (unpaired) electrons. The number of rotatable bonds is 4. The van der Waals surface area contributed by atoms with Crippen molar-refractivity contribution in [2.75, 3.05) is 33.7 Å². The molecule has 19 heavy (non-hydrogen) atoms. The van der Waals surface area contributed by atoms with Gasteiger partial charge in [0.25, 0.3) is 0 Å². The minimum absolute atomic E-state index is 0.193. The molecule has 0 saturated carbocycles. The van der Waals surface area contributed by atoms with Crippen molar-refractivity contribution < 1.29 is 18.0 Å². The summed E-state index contributed by atoms with van der Waals surface area (Å²) in [5.41, 5.74) is 0. The second-order valence-electron chi connectivity index (χ2n) is 5.18. The number of nitrogens with zero attached hydrogens (tertiary/aromatic N) is 2. The summed E-state index contributed by atoms with van der Waals surface area (Å²) in [6, 6.07) is -0.943. The van der Waals surface area contributed by atoms with Crippen LogP contribution in [-0.4, -0.2) is 67.7 Å². The third-order valence-electron chi connectivity index (χ3n) is 3.44. The maximum Gasteiger partial charge on any atom is 0.401 e. The van der Waals surface area contributed by atoms with Crippen molar-refractivity contribution in [2.45, 2.75) is 38.0 Å². The van der Waals surface area contributed by atoms with Gasteiger partial charge in [0.15, 0.2) is 0 Å². The minimum Gasteiger partial charge on any atom is -0.347 e. The first-order chi connectivity index (χ1) is 8.72. The highest BCUT2D eigenvalue weighted by Crippen LogP contribution is 2.23. The van der Waals surface area contributed by atoms with E-state index < -0.39 is 18.8 Å². The molecule has 1 unspecified atom stereocenters. The zero-order valence-corrected chi connectivity index (χ0v) is 11.6. The number of carbonyl (C=O) groups is 1. The van der Waals surface area contributed by atoms with Crippen molar-refractivity contribution in [1.29, 1.82) is 0 Å². The molecule has 7 heteroatoms. The van der Waals surface area contributed by atoms with Crippen LogP contribution in [0.1, 0.15) is 19.8 Å². The fraction of sp³-hybridized carbons (Fsp3) is 0.917. The first-order valence-corrected chi connectivity index (χ1v) is 6.46. The van der Waals surface area contributed by atoms with Gasteiger partial charge in [-0.2, -0.15) is 13.2 Å². The van der Waals surface area contributed by atoms with Gasteiger partial charge < -0.3 is 10.2 Å². The van der Waals surface area contributed by atoms with Crippen LogP contribution in [0.3, 0.4) is 0 Å². The number of piperidine rings is 1. The quantitative estimate of drug-likeness (QED) is 0.837. The smallest absolute Gasteiger partial charge is 0.347 e. The van der Waals surface area contributed by atoms with E-state index in [0.29, 0.717) is 25.9 Å². The lowest BCUT2D eigenvalue weighted by Gasteiger charge is -2.39.